The van der Waals surface area contributed by atoms with Crippen LogP contribution in [0.25, 0.3) is 11.0 Å². The van der Waals surface area contributed by atoms with Crippen LogP contribution in [0, 0.1) is 5.41 Å². The highest BCUT2D eigenvalue weighted by molar-refractivity contribution is 5.87. The first-order valence-electron chi connectivity index (χ1n) is 7.39. The second-order valence-electron chi connectivity index (χ2n) is 5.73. The average molecular weight is 274 g/mol. The van der Waals surface area contributed by atoms with Gasteiger partial charge in [0.1, 0.15) is 5.82 Å². The molecule has 0 aliphatic carbocycles. The molecule has 0 aromatic carbocycles. The molecule has 3 heterocycles. The van der Waals surface area contributed by atoms with E-state index < -0.39 is 0 Å². The Morgan fingerprint density at radius 1 is 1.25 bits per heavy atom. The molecule has 1 aliphatic heterocycles. The molecule has 2 aromatic rings. The molecular formula is C14H22N6. The molecule has 1 fully saturated rings. The second-order valence-corrected chi connectivity index (χ2v) is 5.73. The first kappa shape index (κ1) is 13.1. The van der Waals surface area contributed by atoms with Gasteiger partial charge in [-0.3, -0.25) is 5.10 Å². The molecule has 0 amide bonds. The first-order valence-corrected chi connectivity index (χ1v) is 7.39. The lowest BCUT2D eigenvalue weighted by Gasteiger charge is -2.41. The largest absolute Gasteiger partial charge is 0.368 e. The molecule has 0 radical (unpaired) electrons. The molecule has 1 aliphatic rings. The van der Waals surface area contributed by atoms with Crippen LogP contribution >= 0.6 is 0 Å². The predicted molar refractivity (Wildman–Crippen MR) is 80.6 cm³/mol. The molecule has 108 valence electrons. The number of nitrogen functional groups attached to an aromatic ring is 1. The third-order valence-electron chi connectivity index (χ3n) is 4.93. The summed E-state index contributed by atoms with van der Waals surface area (Å²) in [6.45, 7) is 6.66. The van der Waals surface area contributed by atoms with E-state index in [1.165, 1.54) is 25.7 Å². The molecule has 0 spiro atoms. The molecule has 20 heavy (non-hydrogen) atoms. The number of fused-ring (bicyclic) bond motifs is 1. The normalized spacial score (nSPS) is 18.6. The number of hydrogen-bond acceptors (Lipinski definition) is 5. The van der Waals surface area contributed by atoms with Crippen molar-refractivity contribution in [3.63, 3.8) is 0 Å². The second kappa shape index (κ2) is 4.92. The lowest BCUT2D eigenvalue weighted by Crippen LogP contribution is -2.40. The van der Waals surface area contributed by atoms with Gasteiger partial charge < -0.3 is 10.6 Å². The number of H-pyrrole nitrogens is 1. The molecule has 3 rings (SSSR count). The van der Waals surface area contributed by atoms with Crippen LogP contribution < -0.4 is 10.6 Å². The predicted octanol–water partition coefficient (Wildman–Crippen LogP) is 2.34. The average Bonchev–Trinajstić information content (AvgIpc) is 2.94. The summed E-state index contributed by atoms with van der Waals surface area (Å²) in [4.78, 5) is 10.9. The Kier molecular flexibility index (Phi) is 3.23. The van der Waals surface area contributed by atoms with Crippen molar-refractivity contribution < 1.29 is 0 Å². The maximum Gasteiger partial charge on any atom is 0.224 e. The Bertz CT molecular complexity index is 591. The SMILES string of the molecule is CCC1(CC)CCN(c2nc(N)nc3[nH]ncc23)CC1. The maximum absolute atomic E-state index is 5.80. The quantitative estimate of drug-likeness (QED) is 0.897. The lowest BCUT2D eigenvalue weighted by atomic mass is 9.74. The summed E-state index contributed by atoms with van der Waals surface area (Å²) in [6, 6.07) is 0. The molecular weight excluding hydrogens is 252 g/mol. The van der Waals surface area contributed by atoms with Gasteiger partial charge in [-0.15, -0.1) is 0 Å². The number of nitrogens with one attached hydrogen (secondary N) is 1. The van der Waals surface area contributed by atoms with E-state index in [-0.39, 0.29) is 0 Å². The zero-order valence-corrected chi connectivity index (χ0v) is 12.2. The van der Waals surface area contributed by atoms with Gasteiger partial charge in [0.15, 0.2) is 5.65 Å². The smallest absolute Gasteiger partial charge is 0.224 e. The van der Waals surface area contributed by atoms with E-state index in [1.807, 2.05) is 0 Å². The number of aromatic amines is 1. The number of rotatable bonds is 3. The Hall–Kier alpha value is -1.85. The Labute approximate surface area is 118 Å². The zero-order valence-electron chi connectivity index (χ0n) is 12.2. The Morgan fingerprint density at radius 3 is 2.60 bits per heavy atom. The van der Waals surface area contributed by atoms with Crippen molar-refractivity contribution in [1.82, 2.24) is 20.2 Å². The highest BCUT2D eigenvalue weighted by Gasteiger charge is 2.32. The maximum atomic E-state index is 5.80. The molecule has 0 atom stereocenters. The number of anilines is 2. The van der Waals surface area contributed by atoms with E-state index in [0.717, 1.165) is 29.9 Å². The van der Waals surface area contributed by atoms with Crippen molar-refractivity contribution in [3.05, 3.63) is 6.20 Å². The van der Waals surface area contributed by atoms with E-state index in [4.69, 9.17) is 5.73 Å². The van der Waals surface area contributed by atoms with Gasteiger partial charge in [-0.1, -0.05) is 26.7 Å². The van der Waals surface area contributed by atoms with Crippen molar-refractivity contribution in [2.75, 3.05) is 23.7 Å². The van der Waals surface area contributed by atoms with Crippen LogP contribution in [0.15, 0.2) is 6.20 Å². The lowest BCUT2D eigenvalue weighted by molar-refractivity contribution is 0.199. The van der Waals surface area contributed by atoms with Crippen LogP contribution in [0.3, 0.4) is 0 Å². The van der Waals surface area contributed by atoms with Crippen LogP contribution in [0.1, 0.15) is 39.5 Å². The monoisotopic (exact) mass is 274 g/mol. The summed E-state index contributed by atoms with van der Waals surface area (Å²) >= 11 is 0. The molecule has 2 aromatic heterocycles. The molecule has 0 unspecified atom stereocenters. The number of aromatic nitrogens is 4. The van der Waals surface area contributed by atoms with E-state index in [2.05, 4.69) is 38.9 Å². The standard InChI is InChI=1S/C14H22N6/c1-3-14(4-2)5-7-20(8-6-14)12-10-9-16-19-11(10)17-13(15)18-12/h9H,3-8H2,1-2H3,(H3,15,16,17,18,19). The Balaban J connectivity index is 1.88. The van der Waals surface area contributed by atoms with Crippen molar-refractivity contribution in [2.45, 2.75) is 39.5 Å². The van der Waals surface area contributed by atoms with Crippen LogP contribution in [0.2, 0.25) is 0 Å². The van der Waals surface area contributed by atoms with E-state index in [0.29, 0.717) is 11.4 Å². The summed E-state index contributed by atoms with van der Waals surface area (Å²) in [6.07, 6.45) is 6.72. The van der Waals surface area contributed by atoms with Crippen LogP contribution in [0.5, 0.6) is 0 Å². The summed E-state index contributed by atoms with van der Waals surface area (Å²) in [5.74, 6) is 1.22. The third kappa shape index (κ3) is 2.09. The van der Waals surface area contributed by atoms with Crippen molar-refractivity contribution in [3.8, 4) is 0 Å². The first-order chi connectivity index (χ1) is 9.67. The van der Waals surface area contributed by atoms with Gasteiger partial charge in [0.05, 0.1) is 11.6 Å². The molecule has 6 heteroatoms. The fourth-order valence-electron chi connectivity index (χ4n) is 3.23. The fourth-order valence-corrected chi connectivity index (χ4v) is 3.23. The number of nitrogens with zero attached hydrogens (tertiary/aromatic N) is 4. The number of nitrogens with two attached hydrogens (primary N) is 1. The Morgan fingerprint density at radius 2 is 1.95 bits per heavy atom. The van der Waals surface area contributed by atoms with Gasteiger partial charge in [0.25, 0.3) is 0 Å². The van der Waals surface area contributed by atoms with Crippen LogP contribution in [-0.2, 0) is 0 Å². The summed E-state index contributed by atoms with van der Waals surface area (Å²) in [5.41, 5.74) is 7.02. The number of hydrogen-bond donors (Lipinski definition) is 2. The van der Waals surface area contributed by atoms with Crippen molar-refractivity contribution in [2.24, 2.45) is 5.41 Å². The molecule has 0 bridgehead atoms. The molecule has 1 saturated heterocycles. The van der Waals surface area contributed by atoms with Crippen molar-refractivity contribution >= 4 is 22.8 Å². The van der Waals surface area contributed by atoms with Gasteiger partial charge in [-0.05, 0) is 18.3 Å². The molecule has 6 nitrogen and oxygen atoms in total. The number of piperidine rings is 1. The van der Waals surface area contributed by atoms with Crippen LogP contribution in [0.4, 0.5) is 11.8 Å². The topological polar surface area (TPSA) is 83.7 Å². The highest BCUT2D eigenvalue weighted by Crippen LogP contribution is 2.39. The fraction of sp³-hybridized carbons (Fsp3) is 0.643. The molecule has 3 N–H and O–H groups in total. The minimum atomic E-state index is 0.305. The van der Waals surface area contributed by atoms with Crippen LogP contribution in [-0.4, -0.2) is 33.3 Å². The van der Waals surface area contributed by atoms with Gasteiger partial charge in [0, 0.05) is 13.1 Å². The zero-order chi connectivity index (χ0) is 14.2. The minimum Gasteiger partial charge on any atom is -0.368 e. The minimum absolute atomic E-state index is 0.305. The van der Waals surface area contributed by atoms with Gasteiger partial charge in [-0.2, -0.15) is 15.1 Å². The van der Waals surface area contributed by atoms with Gasteiger partial charge >= 0.3 is 0 Å². The summed E-state index contributed by atoms with van der Waals surface area (Å²) < 4.78 is 0. The molecule has 0 saturated carbocycles. The van der Waals surface area contributed by atoms with E-state index in [9.17, 15) is 0 Å². The highest BCUT2D eigenvalue weighted by atomic mass is 15.2. The summed E-state index contributed by atoms with van der Waals surface area (Å²) in [7, 11) is 0. The third-order valence-corrected chi connectivity index (χ3v) is 4.93. The van der Waals surface area contributed by atoms with Crippen molar-refractivity contribution in [1.29, 1.82) is 0 Å². The van der Waals surface area contributed by atoms with E-state index >= 15 is 0 Å². The van der Waals surface area contributed by atoms with Gasteiger partial charge in [-0.25, -0.2) is 0 Å². The van der Waals surface area contributed by atoms with E-state index in [1.54, 1.807) is 6.20 Å². The van der Waals surface area contributed by atoms with Gasteiger partial charge in [0.2, 0.25) is 5.95 Å². The summed E-state index contributed by atoms with van der Waals surface area (Å²) in [5, 5.41) is 7.88.